The first-order chi connectivity index (χ1) is 17.3. The minimum Gasteiger partial charge on any atom is -0.379 e. The summed E-state index contributed by atoms with van der Waals surface area (Å²) in [4.78, 5) is 18.0. The molecule has 0 saturated carbocycles. The molecule has 0 aliphatic carbocycles. The molecule has 2 fully saturated rings. The summed E-state index contributed by atoms with van der Waals surface area (Å²) in [6, 6.07) is 31.6. The molecule has 2 amide bonds. The Labute approximate surface area is 208 Å². The average molecular weight is 470 g/mol. The lowest BCUT2D eigenvalue weighted by Crippen LogP contribution is -2.48. The minimum atomic E-state index is -0.159. The molecular formula is C30H35N3O2. The number of carbonyl (C=O) groups is 1. The number of piperidine rings is 1. The molecule has 35 heavy (non-hydrogen) atoms. The molecule has 3 aromatic rings. The minimum absolute atomic E-state index is 0.0174. The van der Waals surface area contributed by atoms with Crippen molar-refractivity contribution in [3.05, 3.63) is 108 Å². The van der Waals surface area contributed by atoms with E-state index in [0.717, 1.165) is 63.4 Å². The van der Waals surface area contributed by atoms with Gasteiger partial charge in [-0.2, -0.15) is 0 Å². The van der Waals surface area contributed by atoms with Gasteiger partial charge in [0.05, 0.1) is 19.3 Å². The summed E-state index contributed by atoms with van der Waals surface area (Å²) in [5, 5.41) is 3.32. The van der Waals surface area contributed by atoms with Crippen LogP contribution < -0.4 is 5.32 Å². The first kappa shape index (κ1) is 23.6. The fourth-order valence-electron chi connectivity index (χ4n) is 5.57. The average Bonchev–Trinajstić information content (AvgIpc) is 2.94. The van der Waals surface area contributed by atoms with Crippen molar-refractivity contribution in [2.75, 3.05) is 39.4 Å². The van der Waals surface area contributed by atoms with Crippen LogP contribution in [0.25, 0.3) is 0 Å². The Hall–Kier alpha value is -3.15. The molecule has 1 unspecified atom stereocenters. The van der Waals surface area contributed by atoms with Crippen LogP contribution in [0.2, 0.25) is 0 Å². The van der Waals surface area contributed by atoms with Crippen molar-refractivity contribution in [3.63, 3.8) is 0 Å². The van der Waals surface area contributed by atoms with Crippen LogP contribution in [0.4, 0.5) is 4.79 Å². The number of likely N-dealkylation sites (tertiary alicyclic amines) is 1. The van der Waals surface area contributed by atoms with Gasteiger partial charge in [0.1, 0.15) is 0 Å². The molecule has 0 bridgehead atoms. The molecule has 2 aliphatic rings. The molecule has 1 N–H and O–H groups in total. The Morgan fingerprint density at radius 3 is 1.71 bits per heavy atom. The van der Waals surface area contributed by atoms with Gasteiger partial charge in [-0.05, 0) is 35.4 Å². The lowest BCUT2D eigenvalue weighted by atomic mass is 9.84. The number of rotatable bonds is 6. The number of nitrogens with one attached hydrogen (secondary N) is 1. The summed E-state index contributed by atoms with van der Waals surface area (Å²) in [6.45, 7) is 5.09. The van der Waals surface area contributed by atoms with Crippen LogP contribution in [0.3, 0.4) is 0 Å². The maximum Gasteiger partial charge on any atom is 0.318 e. The van der Waals surface area contributed by atoms with Crippen molar-refractivity contribution >= 4 is 6.03 Å². The molecule has 5 heteroatoms. The lowest BCUT2D eigenvalue weighted by Gasteiger charge is -2.43. The summed E-state index contributed by atoms with van der Waals surface area (Å²) >= 11 is 0. The second-order valence-corrected chi connectivity index (χ2v) is 9.53. The topological polar surface area (TPSA) is 44.8 Å². The highest BCUT2D eigenvalue weighted by Gasteiger charge is 2.34. The van der Waals surface area contributed by atoms with E-state index in [1.807, 2.05) is 41.3 Å². The van der Waals surface area contributed by atoms with Gasteiger partial charge in [0.2, 0.25) is 0 Å². The van der Waals surface area contributed by atoms with Gasteiger partial charge >= 0.3 is 6.03 Å². The van der Waals surface area contributed by atoms with Gasteiger partial charge in [-0.25, -0.2) is 4.79 Å². The van der Waals surface area contributed by atoms with Gasteiger partial charge < -0.3 is 15.0 Å². The molecule has 5 nitrogen and oxygen atoms in total. The number of hydrogen-bond donors (Lipinski definition) is 1. The molecular weight excluding hydrogens is 434 g/mol. The van der Waals surface area contributed by atoms with E-state index in [2.05, 4.69) is 64.8 Å². The molecule has 2 heterocycles. The Bertz CT molecular complexity index is 1010. The monoisotopic (exact) mass is 469 g/mol. The molecule has 2 aliphatic heterocycles. The van der Waals surface area contributed by atoms with Crippen LogP contribution in [0.5, 0.6) is 0 Å². The zero-order valence-corrected chi connectivity index (χ0v) is 20.3. The first-order valence-electron chi connectivity index (χ1n) is 12.8. The van der Waals surface area contributed by atoms with Gasteiger partial charge in [-0.3, -0.25) is 4.90 Å². The van der Waals surface area contributed by atoms with E-state index in [0.29, 0.717) is 12.0 Å². The maximum absolute atomic E-state index is 13.4. The molecule has 0 spiro atoms. The Kier molecular flexibility index (Phi) is 7.76. The normalized spacial score (nSPS) is 18.4. The molecule has 0 radical (unpaired) electrons. The molecule has 2 saturated heterocycles. The highest BCUT2D eigenvalue weighted by molar-refractivity contribution is 5.75. The Morgan fingerprint density at radius 1 is 0.714 bits per heavy atom. The molecule has 182 valence electrons. The van der Waals surface area contributed by atoms with Gasteiger partial charge in [-0.1, -0.05) is 91.0 Å². The lowest BCUT2D eigenvalue weighted by molar-refractivity contribution is -0.00590. The number of urea groups is 1. The van der Waals surface area contributed by atoms with Gasteiger partial charge in [0.15, 0.2) is 0 Å². The molecule has 5 rings (SSSR count). The smallest absolute Gasteiger partial charge is 0.318 e. The highest BCUT2D eigenvalue weighted by Crippen LogP contribution is 2.36. The number of benzene rings is 3. The summed E-state index contributed by atoms with van der Waals surface area (Å²) in [6.07, 6.45) is 2.01. The predicted octanol–water partition coefficient (Wildman–Crippen LogP) is 5.27. The number of hydrogen-bond acceptors (Lipinski definition) is 3. The van der Waals surface area contributed by atoms with Crippen LogP contribution in [-0.2, 0) is 4.74 Å². The number of amides is 2. The third-order valence-electron chi connectivity index (χ3n) is 7.39. The molecule has 1 atom stereocenters. The van der Waals surface area contributed by atoms with Gasteiger partial charge in [0, 0.05) is 32.2 Å². The number of nitrogens with zero attached hydrogens (tertiary/aromatic N) is 2. The number of morpholine rings is 1. The van der Waals surface area contributed by atoms with Crippen LogP contribution in [0.1, 0.15) is 41.6 Å². The first-order valence-corrected chi connectivity index (χ1v) is 12.8. The summed E-state index contributed by atoms with van der Waals surface area (Å²) in [7, 11) is 0. The van der Waals surface area contributed by atoms with Crippen LogP contribution in [-0.4, -0.2) is 55.2 Å². The second-order valence-electron chi connectivity index (χ2n) is 9.53. The highest BCUT2D eigenvalue weighted by atomic mass is 16.5. The van der Waals surface area contributed by atoms with E-state index < -0.39 is 0 Å². The van der Waals surface area contributed by atoms with E-state index in [-0.39, 0.29) is 12.1 Å². The third-order valence-corrected chi connectivity index (χ3v) is 7.39. The van der Waals surface area contributed by atoms with Crippen molar-refractivity contribution in [1.29, 1.82) is 0 Å². The van der Waals surface area contributed by atoms with Gasteiger partial charge in [-0.15, -0.1) is 0 Å². The van der Waals surface area contributed by atoms with E-state index in [4.69, 9.17) is 4.74 Å². The summed E-state index contributed by atoms with van der Waals surface area (Å²) in [5.74, 6) is 0.526. The summed E-state index contributed by atoms with van der Waals surface area (Å²) in [5.41, 5.74) is 3.57. The third kappa shape index (κ3) is 5.75. The van der Waals surface area contributed by atoms with Gasteiger partial charge in [0.25, 0.3) is 0 Å². The SMILES string of the molecule is O=C(NC(c1ccccc1)c1ccccc1)N1CCC(C(c2ccccc2)N2CCOCC2)CC1. The Morgan fingerprint density at radius 2 is 1.20 bits per heavy atom. The van der Waals surface area contributed by atoms with Crippen LogP contribution >= 0.6 is 0 Å². The predicted molar refractivity (Wildman–Crippen MR) is 139 cm³/mol. The number of ether oxygens (including phenoxy) is 1. The fourth-order valence-corrected chi connectivity index (χ4v) is 5.57. The molecule has 3 aromatic carbocycles. The van der Waals surface area contributed by atoms with E-state index in [1.165, 1.54) is 5.56 Å². The van der Waals surface area contributed by atoms with E-state index in [9.17, 15) is 4.79 Å². The second kappa shape index (κ2) is 11.5. The van der Waals surface area contributed by atoms with E-state index in [1.54, 1.807) is 0 Å². The standard InChI is InChI=1S/C30H35N3O2/c34-30(31-28(24-10-4-1-5-11-24)25-12-6-2-7-13-25)33-18-16-27(17-19-33)29(26-14-8-3-9-15-26)32-20-22-35-23-21-32/h1-15,27-29H,16-23H2,(H,31,34). The van der Waals surface area contributed by atoms with Crippen molar-refractivity contribution in [2.24, 2.45) is 5.92 Å². The van der Waals surface area contributed by atoms with Crippen molar-refractivity contribution < 1.29 is 9.53 Å². The maximum atomic E-state index is 13.4. The zero-order valence-electron chi connectivity index (χ0n) is 20.3. The fraction of sp³-hybridized carbons (Fsp3) is 0.367. The zero-order chi connectivity index (χ0) is 23.9. The van der Waals surface area contributed by atoms with E-state index >= 15 is 0 Å². The summed E-state index contributed by atoms with van der Waals surface area (Å²) < 4.78 is 5.63. The van der Waals surface area contributed by atoms with Crippen LogP contribution in [0, 0.1) is 5.92 Å². The van der Waals surface area contributed by atoms with Crippen molar-refractivity contribution in [1.82, 2.24) is 15.1 Å². The molecule has 0 aromatic heterocycles. The number of carbonyl (C=O) groups excluding carboxylic acids is 1. The van der Waals surface area contributed by atoms with Crippen LogP contribution in [0.15, 0.2) is 91.0 Å². The van der Waals surface area contributed by atoms with Crippen molar-refractivity contribution in [2.45, 2.75) is 24.9 Å². The largest absolute Gasteiger partial charge is 0.379 e. The van der Waals surface area contributed by atoms with Crippen molar-refractivity contribution in [3.8, 4) is 0 Å². The quantitative estimate of drug-likeness (QED) is 0.535. The Balaban J connectivity index is 1.27.